The Bertz CT molecular complexity index is 529. The molecule has 0 aliphatic rings. The Morgan fingerprint density at radius 3 is 2.14 bits per heavy atom. The van der Waals surface area contributed by atoms with E-state index in [0.29, 0.717) is 24.4 Å². The van der Waals surface area contributed by atoms with Gasteiger partial charge in [-0.15, -0.1) is 0 Å². The van der Waals surface area contributed by atoms with Gasteiger partial charge in [0.2, 0.25) is 10.0 Å². The molecule has 0 saturated carbocycles. The summed E-state index contributed by atoms with van der Waals surface area (Å²) in [6, 6.07) is 7.27. The molecule has 0 heterocycles. The fraction of sp³-hybridized carbons (Fsp3) is 0.625. The van der Waals surface area contributed by atoms with E-state index in [9.17, 15) is 8.42 Å². The summed E-state index contributed by atoms with van der Waals surface area (Å²) in [7, 11) is -3.63. The molecule has 0 atom stereocenters. The van der Waals surface area contributed by atoms with Gasteiger partial charge in [-0.05, 0) is 42.4 Å². The van der Waals surface area contributed by atoms with E-state index in [4.69, 9.17) is 5.14 Å². The Labute approximate surface area is 129 Å². The van der Waals surface area contributed by atoms with Gasteiger partial charge in [0.1, 0.15) is 0 Å². The van der Waals surface area contributed by atoms with Crippen molar-refractivity contribution >= 4 is 10.0 Å². The van der Waals surface area contributed by atoms with E-state index in [1.807, 2.05) is 6.07 Å². The average molecular weight is 312 g/mol. The lowest BCUT2D eigenvalue weighted by atomic mass is 9.95. The molecule has 0 unspecified atom stereocenters. The van der Waals surface area contributed by atoms with Crippen LogP contribution in [0.15, 0.2) is 29.2 Å². The van der Waals surface area contributed by atoms with Gasteiger partial charge in [-0.25, -0.2) is 13.6 Å². The van der Waals surface area contributed by atoms with E-state index in [1.54, 1.807) is 12.1 Å². The molecular weight excluding hydrogens is 284 g/mol. The highest BCUT2D eigenvalue weighted by Crippen LogP contribution is 2.15. The van der Waals surface area contributed by atoms with Crippen LogP contribution in [0.1, 0.15) is 46.1 Å². The van der Waals surface area contributed by atoms with E-state index in [1.165, 1.54) is 6.07 Å². The SMILES string of the molecule is CC(C)CC(CC(C)C)NCc1cccc(S(N)(=O)=O)c1. The third-order valence-corrected chi connectivity index (χ3v) is 4.24. The lowest BCUT2D eigenvalue weighted by molar-refractivity contribution is 0.358. The number of nitrogens with one attached hydrogen (secondary N) is 1. The second-order valence-electron chi connectivity index (χ2n) is 6.53. The lowest BCUT2D eigenvalue weighted by Gasteiger charge is -2.22. The topological polar surface area (TPSA) is 72.2 Å². The van der Waals surface area contributed by atoms with Crippen LogP contribution in [-0.4, -0.2) is 14.5 Å². The first kappa shape index (κ1) is 18.1. The van der Waals surface area contributed by atoms with Crippen LogP contribution in [0.5, 0.6) is 0 Å². The van der Waals surface area contributed by atoms with Crippen LogP contribution in [0.2, 0.25) is 0 Å². The molecule has 0 aromatic heterocycles. The summed E-state index contributed by atoms with van der Waals surface area (Å²) >= 11 is 0. The van der Waals surface area contributed by atoms with Crippen LogP contribution < -0.4 is 10.5 Å². The normalized spacial score (nSPS) is 12.6. The molecule has 1 rings (SSSR count). The van der Waals surface area contributed by atoms with Gasteiger partial charge in [-0.1, -0.05) is 39.8 Å². The molecule has 0 fully saturated rings. The van der Waals surface area contributed by atoms with Crippen molar-refractivity contribution in [2.24, 2.45) is 17.0 Å². The van der Waals surface area contributed by atoms with Crippen LogP contribution in [0.3, 0.4) is 0 Å². The fourth-order valence-electron chi connectivity index (χ4n) is 2.50. The first-order valence-electron chi connectivity index (χ1n) is 7.53. The number of hydrogen-bond acceptors (Lipinski definition) is 3. The van der Waals surface area contributed by atoms with Gasteiger partial charge in [0.05, 0.1) is 4.90 Å². The zero-order chi connectivity index (χ0) is 16.0. The highest BCUT2D eigenvalue weighted by molar-refractivity contribution is 7.89. The number of rotatable bonds is 8. The van der Waals surface area contributed by atoms with Gasteiger partial charge in [-0.3, -0.25) is 0 Å². The van der Waals surface area contributed by atoms with E-state index >= 15 is 0 Å². The molecule has 0 aliphatic carbocycles. The van der Waals surface area contributed by atoms with Crippen molar-refractivity contribution in [1.82, 2.24) is 5.32 Å². The number of primary sulfonamides is 1. The second-order valence-corrected chi connectivity index (χ2v) is 8.09. The highest BCUT2D eigenvalue weighted by atomic mass is 32.2. The lowest BCUT2D eigenvalue weighted by Crippen LogP contribution is -2.31. The molecule has 4 nitrogen and oxygen atoms in total. The molecular formula is C16H28N2O2S. The predicted molar refractivity (Wildman–Crippen MR) is 87.4 cm³/mol. The van der Waals surface area contributed by atoms with Crippen molar-refractivity contribution in [2.75, 3.05) is 0 Å². The largest absolute Gasteiger partial charge is 0.310 e. The smallest absolute Gasteiger partial charge is 0.238 e. The van der Waals surface area contributed by atoms with E-state index in [2.05, 4.69) is 33.0 Å². The summed E-state index contributed by atoms with van der Waals surface area (Å²) in [4.78, 5) is 0.172. The Balaban J connectivity index is 2.71. The second kappa shape index (κ2) is 7.92. The van der Waals surface area contributed by atoms with Gasteiger partial charge < -0.3 is 5.32 Å². The number of nitrogens with two attached hydrogens (primary N) is 1. The van der Waals surface area contributed by atoms with Crippen LogP contribution in [0, 0.1) is 11.8 Å². The van der Waals surface area contributed by atoms with Crippen molar-refractivity contribution in [3.05, 3.63) is 29.8 Å². The van der Waals surface area contributed by atoms with Crippen LogP contribution in [0.4, 0.5) is 0 Å². The summed E-state index contributed by atoms with van der Waals surface area (Å²) in [5.74, 6) is 1.27. The minimum Gasteiger partial charge on any atom is -0.310 e. The standard InChI is InChI=1S/C16H28N2O2S/c1-12(2)8-15(9-13(3)4)18-11-14-6-5-7-16(10-14)21(17,19)20/h5-7,10,12-13,15,18H,8-9,11H2,1-4H3,(H2,17,19,20). The molecule has 21 heavy (non-hydrogen) atoms. The van der Waals surface area contributed by atoms with Crippen molar-refractivity contribution in [1.29, 1.82) is 0 Å². The predicted octanol–water partition coefficient (Wildman–Crippen LogP) is 2.88. The van der Waals surface area contributed by atoms with Crippen LogP contribution >= 0.6 is 0 Å². The first-order chi connectivity index (χ1) is 9.68. The third kappa shape index (κ3) is 7.07. The minimum absolute atomic E-state index is 0.172. The number of sulfonamides is 1. The van der Waals surface area contributed by atoms with Gasteiger partial charge >= 0.3 is 0 Å². The Hall–Kier alpha value is -0.910. The maximum atomic E-state index is 11.4. The van der Waals surface area contributed by atoms with Crippen molar-refractivity contribution in [3.63, 3.8) is 0 Å². The Morgan fingerprint density at radius 1 is 1.10 bits per heavy atom. The molecule has 0 radical (unpaired) electrons. The first-order valence-corrected chi connectivity index (χ1v) is 9.08. The Kier molecular flexibility index (Phi) is 6.84. The molecule has 5 heteroatoms. The van der Waals surface area contributed by atoms with E-state index in [0.717, 1.165) is 18.4 Å². The molecule has 0 bridgehead atoms. The van der Waals surface area contributed by atoms with Gasteiger partial charge in [0.15, 0.2) is 0 Å². The summed E-state index contributed by atoms with van der Waals surface area (Å²) in [5, 5.41) is 8.71. The van der Waals surface area contributed by atoms with Crippen LogP contribution in [0.25, 0.3) is 0 Å². The Morgan fingerprint density at radius 2 is 1.67 bits per heavy atom. The molecule has 0 saturated heterocycles. The van der Waals surface area contributed by atoms with Gasteiger partial charge in [-0.2, -0.15) is 0 Å². The molecule has 1 aromatic carbocycles. The van der Waals surface area contributed by atoms with E-state index in [-0.39, 0.29) is 4.90 Å². The van der Waals surface area contributed by atoms with E-state index < -0.39 is 10.0 Å². The summed E-state index contributed by atoms with van der Waals surface area (Å²) in [6.07, 6.45) is 2.24. The molecule has 120 valence electrons. The fourth-order valence-corrected chi connectivity index (χ4v) is 3.08. The summed E-state index contributed by atoms with van der Waals surface area (Å²) in [5.41, 5.74) is 0.944. The number of hydrogen-bond donors (Lipinski definition) is 2. The van der Waals surface area contributed by atoms with Crippen LogP contribution in [-0.2, 0) is 16.6 Å². The molecule has 0 amide bonds. The number of benzene rings is 1. The molecule has 3 N–H and O–H groups in total. The van der Waals surface area contributed by atoms with Crippen molar-refractivity contribution in [2.45, 2.75) is 58.0 Å². The van der Waals surface area contributed by atoms with Crippen molar-refractivity contribution < 1.29 is 8.42 Å². The average Bonchev–Trinajstić information content (AvgIpc) is 2.34. The molecule has 0 aliphatic heterocycles. The maximum absolute atomic E-state index is 11.4. The molecule has 0 spiro atoms. The third-order valence-electron chi connectivity index (χ3n) is 3.33. The summed E-state index contributed by atoms with van der Waals surface area (Å²) < 4.78 is 22.7. The quantitative estimate of drug-likeness (QED) is 0.775. The maximum Gasteiger partial charge on any atom is 0.238 e. The summed E-state index contributed by atoms with van der Waals surface area (Å²) in [6.45, 7) is 9.54. The van der Waals surface area contributed by atoms with Gasteiger partial charge in [0.25, 0.3) is 0 Å². The highest BCUT2D eigenvalue weighted by Gasteiger charge is 2.13. The minimum atomic E-state index is -3.63. The van der Waals surface area contributed by atoms with Gasteiger partial charge in [0, 0.05) is 12.6 Å². The zero-order valence-electron chi connectivity index (χ0n) is 13.5. The van der Waals surface area contributed by atoms with Crippen molar-refractivity contribution in [3.8, 4) is 0 Å². The molecule has 1 aromatic rings. The zero-order valence-corrected chi connectivity index (χ0v) is 14.3. The monoisotopic (exact) mass is 312 g/mol.